The molecular weight excluding hydrogens is 282 g/mol. The summed E-state index contributed by atoms with van der Waals surface area (Å²) in [6, 6.07) is 11.1. The fourth-order valence-electron chi connectivity index (χ4n) is 2.10. The molecule has 0 fully saturated rings. The Kier molecular flexibility index (Phi) is 5.39. The van der Waals surface area contributed by atoms with Gasteiger partial charge in [-0.1, -0.05) is 0 Å². The number of benzene rings is 2. The molecule has 0 aliphatic carbocycles. The molecule has 0 aliphatic rings. The Bertz CT molecular complexity index is 773. The molecule has 2 aromatic carbocycles. The number of phenolic OH excluding ortho intramolecular Hbond substituents is 1. The first kappa shape index (κ1) is 17.4. The van der Waals surface area contributed by atoms with Gasteiger partial charge in [0.25, 0.3) is 0 Å². The molecule has 0 saturated heterocycles. The first-order valence-electron chi connectivity index (χ1n) is 6.41. The van der Waals surface area contributed by atoms with E-state index in [1.165, 1.54) is 11.1 Å². The largest absolute Gasteiger partial charge is 0.508 e. The smallest absolute Gasteiger partial charge is 0.141 e. The van der Waals surface area contributed by atoms with E-state index in [0.717, 1.165) is 22.4 Å². The van der Waals surface area contributed by atoms with Crippen LogP contribution in [0.5, 0.6) is 5.75 Å². The predicted molar refractivity (Wildman–Crippen MR) is 87.6 cm³/mol. The second-order valence-corrected chi connectivity index (χ2v) is 4.85. The number of aromatic hydroxyl groups is 1. The number of hydrogen-bond acceptors (Lipinski definition) is 4. The summed E-state index contributed by atoms with van der Waals surface area (Å²) in [7, 11) is 0. The van der Waals surface area contributed by atoms with E-state index in [-0.39, 0.29) is 16.7 Å². The van der Waals surface area contributed by atoms with Gasteiger partial charge in [-0.2, -0.15) is 0 Å². The number of nitrogens with zero attached hydrogens (tertiary/aromatic N) is 2. The van der Waals surface area contributed by atoms with Crippen LogP contribution in [0.1, 0.15) is 11.1 Å². The van der Waals surface area contributed by atoms with Crippen LogP contribution in [0.4, 0.5) is 11.5 Å². The van der Waals surface area contributed by atoms with E-state index < -0.39 is 0 Å². The van der Waals surface area contributed by atoms with Crippen molar-refractivity contribution in [2.24, 2.45) is 0 Å². The molecule has 0 saturated carbocycles. The second kappa shape index (κ2) is 6.84. The summed E-state index contributed by atoms with van der Waals surface area (Å²) < 4.78 is 0. The molecule has 1 aromatic heterocycles. The van der Waals surface area contributed by atoms with E-state index in [2.05, 4.69) is 41.3 Å². The molecule has 6 heteroatoms. The van der Waals surface area contributed by atoms with Crippen molar-refractivity contribution in [1.29, 1.82) is 0 Å². The molecule has 116 valence electrons. The van der Waals surface area contributed by atoms with E-state index in [1.54, 1.807) is 18.5 Å². The predicted octanol–water partition coefficient (Wildman–Crippen LogP) is 2.05. The zero-order valence-electron chi connectivity index (χ0n) is 12.4. The van der Waals surface area contributed by atoms with Crippen molar-refractivity contribution in [1.82, 2.24) is 9.97 Å². The molecule has 3 aromatic rings. The van der Waals surface area contributed by atoms with Crippen molar-refractivity contribution >= 4 is 22.4 Å². The molecule has 0 amide bonds. The van der Waals surface area contributed by atoms with Crippen LogP contribution in [0, 0.1) is 13.8 Å². The fraction of sp³-hybridized carbons (Fsp3) is 0.125. The van der Waals surface area contributed by atoms with Crippen LogP contribution in [0.15, 0.2) is 42.7 Å². The monoisotopic (exact) mass is 301 g/mol. The van der Waals surface area contributed by atoms with Crippen LogP contribution >= 0.6 is 0 Å². The van der Waals surface area contributed by atoms with Crippen LogP contribution in [0.2, 0.25) is 0 Å². The van der Waals surface area contributed by atoms with E-state index in [1.807, 2.05) is 12.1 Å². The Hall–Kier alpha value is -2.70. The third-order valence-electron chi connectivity index (χ3n) is 3.38. The molecular formula is C16H19N3O3. The van der Waals surface area contributed by atoms with Crippen LogP contribution < -0.4 is 5.32 Å². The van der Waals surface area contributed by atoms with Crippen molar-refractivity contribution in [3.63, 3.8) is 0 Å². The first-order chi connectivity index (χ1) is 9.63. The maximum absolute atomic E-state index is 9.31. The van der Waals surface area contributed by atoms with Crippen LogP contribution in [-0.4, -0.2) is 26.0 Å². The number of anilines is 2. The zero-order valence-corrected chi connectivity index (χ0v) is 12.4. The third-order valence-corrected chi connectivity index (χ3v) is 3.38. The van der Waals surface area contributed by atoms with Gasteiger partial charge >= 0.3 is 0 Å². The minimum absolute atomic E-state index is 0. The average Bonchev–Trinajstić information content (AvgIpc) is 2.43. The molecule has 0 spiro atoms. The lowest BCUT2D eigenvalue weighted by Gasteiger charge is -2.10. The number of nitrogens with one attached hydrogen (secondary N) is 1. The number of aromatic nitrogens is 2. The summed E-state index contributed by atoms with van der Waals surface area (Å²) in [4.78, 5) is 8.62. The highest BCUT2D eigenvalue weighted by Crippen LogP contribution is 2.26. The van der Waals surface area contributed by atoms with Gasteiger partial charge < -0.3 is 21.4 Å². The van der Waals surface area contributed by atoms with Gasteiger partial charge in [0.1, 0.15) is 17.9 Å². The Labute approximate surface area is 128 Å². The number of phenols is 1. The summed E-state index contributed by atoms with van der Waals surface area (Å²) in [5.41, 5.74) is 4.22. The Balaban J connectivity index is 0.00000121. The fourth-order valence-corrected chi connectivity index (χ4v) is 2.10. The van der Waals surface area contributed by atoms with Gasteiger partial charge in [-0.25, -0.2) is 9.97 Å². The number of fused-ring (bicyclic) bond motifs is 1. The molecule has 0 radical (unpaired) electrons. The standard InChI is InChI=1S/C16H15N3O.2H2O/c1-10-7-14-15(8-11(10)2)17-9-18-16(14)19-12-3-5-13(20)6-4-12;;/h3-9,20H,1-2H3,(H,17,18,19);2*1H2. The van der Waals surface area contributed by atoms with E-state index in [0.29, 0.717) is 0 Å². The lowest BCUT2D eigenvalue weighted by atomic mass is 10.1. The van der Waals surface area contributed by atoms with Crippen molar-refractivity contribution in [3.05, 3.63) is 53.9 Å². The highest BCUT2D eigenvalue weighted by molar-refractivity contribution is 5.91. The van der Waals surface area contributed by atoms with Crippen molar-refractivity contribution in [3.8, 4) is 5.75 Å². The van der Waals surface area contributed by atoms with Gasteiger partial charge in [0.2, 0.25) is 0 Å². The Morgan fingerprint density at radius 2 is 1.55 bits per heavy atom. The van der Waals surface area contributed by atoms with E-state index in [4.69, 9.17) is 0 Å². The molecule has 6 nitrogen and oxygen atoms in total. The van der Waals surface area contributed by atoms with E-state index in [9.17, 15) is 5.11 Å². The van der Waals surface area contributed by atoms with Gasteiger partial charge in [0, 0.05) is 11.1 Å². The third kappa shape index (κ3) is 3.30. The van der Waals surface area contributed by atoms with Gasteiger partial charge in [-0.3, -0.25) is 0 Å². The van der Waals surface area contributed by atoms with Crippen LogP contribution in [0.25, 0.3) is 10.9 Å². The summed E-state index contributed by atoms with van der Waals surface area (Å²) in [6.07, 6.45) is 1.56. The van der Waals surface area contributed by atoms with E-state index >= 15 is 0 Å². The normalized spacial score (nSPS) is 9.73. The minimum Gasteiger partial charge on any atom is -0.508 e. The maximum Gasteiger partial charge on any atom is 0.141 e. The van der Waals surface area contributed by atoms with Crippen molar-refractivity contribution in [2.75, 3.05) is 5.32 Å². The molecule has 22 heavy (non-hydrogen) atoms. The van der Waals surface area contributed by atoms with Gasteiger partial charge in [0.15, 0.2) is 0 Å². The molecule has 0 atom stereocenters. The SMILES string of the molecule is Cc1cc2ncnc(Nc3ccc(O)cc3)c2cc1C.O.O. The second-order valence-electron chi connectivity index (χ2n) is 4.85. The topological polar surface area (TPSA) is 121 Å². The Morgan fingerprint density at radius 3 is 2.23 bits per heavy atom. The molecule has 3 rings (SSSR count). The lowest BCUT2D eigenvalue weighted by Crippen LogP contribution is -1.96. The number of hydrogen-bond donors (Lipinski definition) is 2. The van der Waals surface area contributed by atoms with Crippen molar-refractivity contribution in [2.45, 2.75) is 13.8 Å². The van der Waals surface area contributed by atoms with Crippen molar-refractivity contribution < 1.29 is 16.1 Å². The van der Waals surface area contributed by atoms with Gasteiger partial charge in [-0.05, 0) is 61.4 Å². The summed E-state index contributed by atoms with van der Waals surface area (Å²) in [5, 5.41) is 13.6. The van der Waals surface area contributed by atoms with Crippen LogP contribution in [-0.2, 0) is 0 Å². The highest BCUT2D eigenvalue weighted by Gasteiger charge is 2.06. The molecule has 0 bridgehead atoms. The summed E-state index contributed by atoms with van der Waals surface area (Å²) in [6.45, 7) is 4.15. The van der Waals surface area contributed by atoms with Gasteiger partial charge in [0.05, 0.1) is 5.52 Å². The van der Waals surface area contributed by atoms with Crippen LogP contribution in [0.3, 0.4) is 0 Å². The minimum atomic E-state index is 0. The zero-order chi connectivity index (χ0) is 14.1. The molecule has 0 unspecified atom stereocenters. The Morgan fingerprint density at radius 1 is 0.909 bits per heavy atom. The summed E-state index contributed by atoms with van der Waals surface area (Å²) >= 11 is 0. The van der Waals surface area contributed by atoms with Gasteiger partial charge in [-0.15, -0.1) is 0 Å². The maximum atomic E-state index is 9.31. The quantitative estimate of drug-likeness (QED) is 0.703. The summed E-state index contributed by atoms with van der Waals surface area (Å²) in [5.74, 6) is 1.01. The average molecular weight is 301 g/mol. The molecule has 1 heterocycles. The lowest BCUT2D eigenvalue weighted by molar-refractivity contribution is 0.475. The highest BCUT2D eigenvalue weighted by atomic mass is 16.3. The number of rotatable bonds is 2. The molecule has 0 aliphatic heterocycles. The first-order valence-corrected chi connectivity index (χ1v) is 6.41. The molecule has 6 N–H and O–H groups in total. The number of aryl methyl sites for hydroxylation is 2.